The Bertz CT molecular complexity index is 168. The van der Waals surface area contributed by atoms with Crippen molar-refractivity contribution in [3.63, 3.8) is 0 Å². The molecule has 1 fully saturated rings. The largest absolute Gasteiger partial charge is 0.415 e. The molecule has 3 nitrogen and oxygen atoms in total. The minimum Gasteiger partial charge on any atom is -0.381 e. The summed E-state index contributed by atoms with van der Waals surface area (Å²) in [5, 5.41) is 0. The molecule has 0 amide bonds. The lowest BCUT2D eigenvalue weighted by Gasteiger charge is -2.28. The van der Waals surface area contributed by atoms with Crippen LogP contribution in [0, 0.1) is 0 Å². The lowest BCUT2D eigenvalue weighted by Crippen LogP contribution is -2.42. The fourth-order valence-electron chi connectivity index (χ4n) is 1.31. The molecule has 1 unspecified atom stereocenters. The maximum absolute atomic E-state index is 12.2. The topological polar surface area (TPSA) is 44.5 Å². The van der Waals surface area contributed by atoms with Crippen LogP contribution < -0.4 is 5.73 Å². The van der Waals surface area contributed by atoms with Crippen molar-refractivity contribution in [3.8, 4) is 0 Å². The van der Waals surface area contributed by atoms with E-state index in [9.17, 15) is 13.2 Å². The molecule has 0 aromatic rings. The van der Waals surface area contributed by atoms with E-state index in [1.54, 1.807) is 0 Å². The second-order valence-electron chi connectivity index (χ2n) is 3.21. The first-order valence-corrected chi connectivity index (χ1v) is 4.54. The molecule has 1 saturated heterocycles. The van der Waals surface area contributed by atoms with E-state index >= 15 is 0 Å². The van der Waals surface area contributed by atoms with E-state index in [1.807, 2.05) is 0 Å². The van der Waals surface area contributed by atoms with Crippen LogP contribution in [0.15, 0.2) is 0 Å². The van der Waals surface area contributed by atoms with Gasteiger partial charge in [-0.15, -0.1) is 0 Å². The molecule has 1 aliphatic rings. The molecule has 6 heteroatoms. The van der Waals surface area contributed by atoms with Gasteiger partial charge in [-0.3, -0.25) is 0 Å². The maximum Gasteiger partial charge on any atom is 0.415 e. The van der Waals surface area contributed by atoms with Crippen molar-refractivity contribution in [2.45, 2.75) is 31.2 Å². The van der Waals surface area contributed by atoms with Gasteiger partial charge in [0.05, 0.1) is 6.10 Å². The van der Waals surface area contributed by atoms with Crippen LogP contribution in [0.25, 0.3) is 0 Å². The Morgan fingerprint density at radius 3 is 2.36 bits per heavy atom. The lowest BCUT2D eigenvalue weighted by molar-refractivity contribution is -0.235. The van der Waals surface area contributed by atoms with E-state index in [0.717, 1.165) is 0 Å². The third-order valence-corrected chi connectivity index (χ3v) is 2.10. The zero-order valence-electron chi connectivity index (χ0n) is 7.72. The van der Waals surface area contributed by atoms with E-state index in [4.69, 9.17) is 15.2 Å². The molecule has 1 aliphatic heterocycles. The minimum absolute atomic E-state index is 0.376. The number of rotatable bonds is 3. The van der Waals surface area contributed by atoms with Crippen LogP contribution in [-0.2, 0) is 9.47 Å². The molecule has 84 valence electrons. The highest BCUT2D eigenvalue weighted by atomic mass is 19.4. The Morgan fingerprint density at radius 2 is 1.93 bits per heavy atom. The fraction of sp³-hybridized carbons (Fsp3) is 1.00. The van der Waals surface area contributed by atoms with Crippen molar-refractivity contribution in [2.75, 3.05) is 19.8 Å². The summed E-state index contributed by atoms with van der Waals surface area (Å²) >= 11 is 0. The molecule has 0 aromatic carbocycles. The highest BCUT2D eigenvalue weighted by molar-refractivity contribution is 4.72. The van der Waals surface area contributed by atoms with Crippen LogP contribution in [0.4, 0.5) is 13.2 Å². The van der Waals surface area contributed by atoms with Gasteiger partial charge in [0.15, 0.2) is 6.10 Å². The summed E-state index contributed by atoms with van der Waals surface area (Å²) in [4.78, 5) is 0. The van der Waals surface area contributed by atoms with Crippen LogP contribution in [-0.4, -0.2) is 38.1 Å². The zero-order chi connectivity index (χ0) is 10.6. The monoisotopic (exact) mass is 213 g/mol. The summed E-state index contributed by atoms with van der Waals surface area (Å²) in [6.45, 7) is 0.389. The Balaban J connectivity index is 2.39. The van der Waals surface area contributed by atoms with E-state index in [2.05, 4.69) is 0 Å². The number of ether oxygens (including phenoxy) is 2. The van der Waals surface area contributed by atoms with Gasteiger partial charge in [0.2, 0.25) is 0 Å². The van der Waals surface area contributed by atoms with Gasteiger partial charge >= 0.3 is 6.18 Å². The first-order valence-electron chi connectivity index (χ1n) is 4.54. The normalized spacial score (nSPS) is 22.3. The van der Waals surface area contributed by atoms with Crippen molar-refractivity contribution < 1.29 is 22.6 Å². The molecule has 0 spiro atoms. The van der Waals surface area contributed by atoms with E-state index < -0.39 is 18.8 Å². The Hall–Kier alpha value is -0.330. The Kier molecular flexibility index (Phi) is 4.15. The smallest absolute Gasteiger partial charge is 0.381 e. The summed E-state index contributed by atoms with van der Waals surface area (Å²) in [7, 11) is 0. The second kappa shape index (κ2) is 4.95. The SMILES string of the molecule is NCC(OC1CCOCC1)C(F)(F)F. The molecule has 0 saturated carbocycles. The Labute approximate surface area is 80.4 Å². The molecule has 0 radical (unpaired) electrons. The maximum atomic E-state index is 12.2. The first kappa shape index (κ1) is 11.7. The number of nitrogens with two attached hydrogens (primary N) is 1. The molecule has 14 heavy (non-hydrogen) atoms. The zero-order valence-corrected chi connectivity index (χ0v) is 7.72. The summed E-state index contributed by atoms with van der Waals surface area (Å²) in [5.74, 6) is 0. The van der Waals surface area contributed by atoms with Crippen molar-refractivity contribution in [1.82, 2.24) is 0 Å². The van der Waals surface area contributed by atoms with Crippen molar-refractivity contribution in [2.24, 2.45) is 5.73 Å². The van der Waals surface area contributed by atoms with Crippen LogP contribution in [0.5, 0.6) is 0 Å². The third-order valence-electron chi connectivity index (χ3n) is 2.10. The van der Waals surface area contributed by atoms with Crippen molar-refractivity contribution >= 4 is 0 Å². The predicted molar refractivity (Wildman–Crippen MR) is 43.8 cm³/mol. The van der Waals surface area contributed by atoms with Crippen LogP contribution >= 0.6 is 0 Å². The average Bonchev–Trinajstić information content (AvgIpc) is 2.14. The molecular formula is C8H14F3NO2. The molecule has 0 aliphatic carbocycles. The number of hydrogen-bond acceptors (Lipinski definition) is 3. The van der Waals surface area contributed by atoms with Crippen molar-refractivity contribution in [1.29, 1.82) is 0 Å². The Morgan fingerprint density at radius 1 is 1.36 bits per heavy atom. The summed E-state index contributed by atoms with van der Waals surface area (Å²) in [6.07, 6.45) is -5.57. The predicted octanol–water partition coefficient (Wildman–Crippen LogP) is 1.07. The quantitative estimate of drug-likeness (QED) is 0.762. The van der Waals surface area contributed by atoms with Gasteiger partial charge in [0.25, 0.3) is 0 Å². The van der Waals surface area contributed by atoms with Gasteiger partial charge in [-0.1, -0.05) is 0 Å². The lowest BCUT2D eigenvalue weighted by atomic mass is 10.1. The van der Waals surface area contributed by atoms with Gasteiger partial charge in [-0.25, -0.2) is 0 Å². The molecule has 1 atom stereocenters. The highest BCUT2D eigenvalue weighted by Crippen LogP contribution is 2.25. The number of hydrogen-bond donors (Lipinski definition) is 1. The summed E-state index contributed by atoms with van der Waals surface area (Å²) in [6, 6.07) is 0. The molecule has 2 N–H and O–H groups in total. The van der Waals surface area contributed by atoms with E-state index in [-0.39, 0.29) is 6.10 Å². The average molecular weight is 213 g/mol. The van der Waals surface area contributed by atoms with Crippen LogP contribution in [0.1, 0.15) is 12.8 Å². The molecule has 1 heterocycles. The molecule has 0 aromatic heterocycles. The fourth-order valence-corrected chi connectivity index (χ4v) is 1.31. The first-order chi connectivity index (χ1) is 6.54. The second-order valence-corrected chi connectivity index (χ2v) is 3.21. The molecule has 1 rings (SSSR count). The van der Waals surface area contributed by atoms with Crippen LogP contribution in [0.3, 0.4) is 0 Å². The van der Waals surface area contributed by atoms with E-state index in [0.29, 0.717) is 26.1 Å². The van der Waals surface area contributed by atoms with Gasteiger partial charge < -0.3 is 15.2 Å². The van der Waals surface area contributed by atoms with Gasteiger partial charge in [0.1, 0.15) is 0 Å². The summed E-state index contributed by atoms with van der Waals surface area (Å²) in [5.41, 5.74) is 5.00. The van der Waals surface area contributed by atoms with E-state index in [1.165, 1.54) is 0 Å². The third kappa shape index (κ3) is 3.43. The number of alkyl halides is 3. The minimum atomic E-state index is -4.37. The van der Waals surface area contributed by atoms with Gasteiger partial charge in [-0.2, -0.15) is 13.2 Å². The summed E-state index contributed by atoms with van der Waals surface area (Å²) < 4.78 is 46.6. The van der Waals surface area contributed by atoms with Gasteiger partial charge in [-0.05, 0) is 12.8 Å². The standard InChI is InChI=1S/C8H14F3NO2/c9-8(10,11)7(5-12)14-6-1-3-13-4-2-6/h6-7H,1-5,12H2. The van der Waals surface area contributed by atoms with Crippen molar-refractivity contribution in [3.05, 3.63) is 0 Å². The van der Waals surface area contributed by atoms with Crippen LogP contribution in [0.2, 0.25) is 0 Å². The molecular weight excluding hydrogens is 199 g/mol. The highest BCUT2D eigenvalue weighted by Gasteiger charge is 2.41. The molecule has 0 bridgehead atoms. The number of halogens is 3. The van der Waals surface area contributed by atoms with Gasteiger partial charge in [0, 0.05) is 19.8 Å².